The third-order valence-corrected chi connectivity index (χ3v) is 3.39. The SMILES string of the molecule is Cn1ccnc1[C@H](Nc1ncc(Cl)cn1)c1cccc(F)c1. The smallest absolute Gasteiger partial charge is 0.223 e. The zero-order valence-electron chi connectivity index (χ0n) is 11.7. The maximum atomic E-state index is 13.6. The highest BCUT2D eigenvalue weighted by Crippen LogP contribution is 2.24. The van der Waals surface area contributed by atoms with Crippen molar-refractivity contribution in [2.75, 3.05) is 5.32 Å². The minimum Gasteiger partial charge on any atom is -0.340 e. The van der Waals surface area contributed by atoms with Gasteiger partial charge in [-0.2, -0.15) is 0 Å². The molecule has 7 heteroatoms. The van der Waals surface area contributed by atoms with Crippen molar-refractivity contribution in [3.05, 3.63) is 71.3 Å². The molecule has 1 N–H and O–H groups in total. The van der Waals surface area contributed by atoms with Crippen molar-refractivity contribution in [3.8, 4) is 0 Å². The lowest BCUT2D eigenvalue weighted by molar-refractivity contribution is 0.622. The highest BCUT2D eigenvalue weighted by atomic mass is 35.5. The molecule has 0 bridgehead atoms. The van der Waals surface area contributed by atoms with Crippen molar-refractivity contribution < 1.29 is 4.39 Å². The summed E-state index contributed by atoms with van der Waals surface area (Å²) in [4.78, 5) is 12.6. The Balaban J connectivity index is 2.00. The zero-order chi connectivity index (χ0) is 15.5. The summed E-state index contributed by atoms with van der Waals surface area (Å²) in [6, 6.07) is 5.97. The Morgan fingerprint density at radius 2 is 2.00 bits per heavy atom. The van der Waals surface area contributed by atoms with E-state index in [1.54, 1.807) is 12.3 Å². The van der Waals surface area contributed by atoms with E-state index in [0.717, 1.165) is 11.4 Å². The number of hydrogen-bond acceptors (Lipinski definition) is 4. The van der Waals surface area contributed by atoms with Gasteiger partial charge in [0.25, 0.3) is 0 Å². The lowest BCUT2D eigenvalue weighted by Crippen LogP contribution is -2.18. The molecule has 3 rings (SSSR count). The molecule has 1 atom stereocenters. The predicted octanol–water partition coefficient (Wildman–Crippen LogP) is 3.20. The van der Waals surface area contributed by atoms with Crippen LogP contribution in [-0.4, -0.2) is 19.5 Å². The van der Waals surface area contributed by atoms with Gasteiger partial charge in [-0.05, 0) is 17.7 Å². The summed E-state index contributed by atoms with van der Waals surface area (Å²) in [5.74, 6) is 0.807. The van der Waals surface area contributed by atoms with E-state index in [4.69, 9.17) is 11.6 Å². The van der Waals surface area contributed by atoms with Crippen LogP contribution in [0.5, 0.6) is 0 Å². The topological polar surface area (TPSA) is 55.6 Å². The lowest BCUT2D eigenvalue weighted by Gasteiger charge is -2.19. The van der Waals surface area contributed by atoms with Crippen LogP contribution in [-0.2, 0) is 7.05 Å². The molecular formula is C15H13ClFN5. The minimum atomic E-state index is -0.378. The second kappa shape index (κ2) is 6.11. The largest absolute Gasteiger partial charge is 0.340 e. The summed E-state index contributed by atoms with van der Waals surface area (Å²) in [7, 11) is 1.87. The second-order valence-electron chi connectivity index (χ2n) is 4.75. The Bertz CT molecular complexity index is 772. The quantitative estimate of drug-likeness (QED) is 0.803. The first-order valence-electron chi connectivity index (χ1n) is 6.60. The van der Waals surface area contributed by atoms with Gasteiger partial charge >= 0.3 is 0 Å². The standard InChI is InChI=1S/C15H13ClFN5/c1-22-6-5-18-14(22)13(10-3-2-4-12(17)7-10)21-15-19-8-11(16)9-20-15/h2-9,13H,1H3,(H,19,20,21)/t13-/m1/s1. The Morgan fingerprint density at radius 3 is 2.64 bits per heavy atom. The van der Waals surface area contributed by atoms with Crippen LogP contribution in [0.15, 0.2) is 49.1 Å². The number of aromatic nitrogens is 4. The number of nitrogens with one attached hydrogen (secondary N) is 1. The van der Waals surface area contributed by atoms with Crippen LogP contribution in [0.4, 0.5) is 10.3 Å². The van der Waals surface area contributed by atoms with Crippen LogP contribution < -0.4 is 5.32 Å². The van der Waals surface area contributed by atoms with Crippen LogP contribution in [0, 0.1) is 5.82 Å². The van der Waals surface area contributed by atoms with Crippen LogP contribution in [0.1, 0.15) is 17.4 Å². The van der Waals surface area contributed by atoms with Crippen molar-refractivity contribution in [3.63, 3.8) is 0 Å². The maximum Gasteiger partial charge on any atom is 0.223 e. The molecule has 0 amide bonds. The Hall–Kier alpha value is -2.47. The van der Waals surface area contributed by atoms with Gasteiger partial charge in [0.1, 0.15) is 17.7 Å². The molecule has 1 aromatic carbocycles. The van der Waals surface area contributed by atoms with Gasteiger partial charge in [-0.15, -0.1) is 0 Å². The first-order chi connectivity index (χ1) is 10.6. The van der Waals surface area contributed by atoms with E-state index < -0.39 is 0 Å². The molecule has 0 aliphatic heterocycles. The van der Waals surface area contributed by atoms with E-state index in [0.29, 0.717) is 11.0 Å². The van der Waals surface area contributed by atoms with E-state index in [1.165, 1.54) is 24.5 Å². The Morgan fingerprint density at radius 1 is 1.23 bits per heavy atom. The van der Waals surface area contributed by atoms with Crippen molar-refractivity contribution >= 4 is 17.5 Å². The number of hydrogen-bond donors (Lipinski definition) is 1. The summed E-state index contributed by atoms with van der Waals surface area (Å²) in [6.45, 7) is 0. The molecule has 2 aromatic heterocycles. The van der Waals surface area contributed by atoms with Gasteiger partial charge in [0, 0.05) is 19.4 Å². The molecule has 0 saturated heterocycles. The van der Waals surface area contributed by atoms with Crippen LogP contribution in [0.3, 0.4) is 0 Å². The number of nitrogens with zero attached hydrogens (tertiary/aromatic N) is 4. The molecule has 0 saturated carbocycles. The molecule has 0 aliphatic rings. The van der Waals surface area contributed by atoms with E-state index in [2.05, 4.69) is 20.3 Å². The maximum absolute atomic E-state index is 13.6. The normalized spacial score (nSPS) is 12.1. The van der Waals surface area contributed by atoms with Crippen LogP contribution in [0.25, 0.3) is 0 Å². The predicted molar refractivity (Wildman–Crippen MR) is 82.1 cm³/mol. The molecule has 0 spiro atoms. The third-order valence-electron chi connectivity index (χ3n) is 3.19. The molecule has 0 fully saturated rings. The van der Waals surface area contributed by atoms with Crippen molar-refractivity contribution in [2.45, 2.75) is 6.04 Å². The monoisotopic (exact) mass is 317 g/mol. The van der Waals surface area contributed by atoms with Gasteiger partial charge in [-0.3, -0.25) is 0 Å². The molecule has 0 aliphatic carbocycles. The first kappa shape index (κ1) is 14.5. The van der Waals surface area contributed by atoms with Crippen molar-refractivity contribution in [1.29, 1.82) is 0 Å². The summed E-state index contributed by atoms with van der Waals surface area (Å²) in [5, 5.41) is 3.61. The van der Waals surface area contributed by atoms with Gasteiger partial charge in [0.15, 0.2) is 0 Å². The van der Waals surface area contributed by atoms with Gasteiger partial charge in [-0.1, -0.05) is 23.7 Å². The number of halogens is 2. The number of imidazole rings is 1. The first-order valence-corrected chi connectivity index (χ1v) is 6.98. The molecule has 0 radical (unpaired) electrons. The van der Waals surface area contributed by atoms with E-state index in [9.17, 15) is 4.39 Å². The summed E-state index contributed by atoms with van der Waals surface area (Å²) in [6.07, 6.45) is 6.51. The molecule has 3 aromatic rings. The molecule has 0 unspecified atom stereocenters. The number of aryl methyl sites for hydroxylation is 1. The van der Waals surface area contributed by atoms with Crippen molar-refractivity contribution in [1.82, 2.24) is 19.5 Å². The zero-order valence-corrected chi connectivity index (χ0v) is 12.5. The van der Waals surface area contributed by atoms with Gasteiger partial charge in [0.2, 0.25) is 5.95 Å². The summed E-state index contributed by atoms with van der Waals surface area (Å²) >= 11 is 5.79. The molecule has 112 valence electrons. The van der Waals surface area contributed by atoms with Gasteiger partial charge < -0.3 is 9.88 Å². The Kier molecular flexibility index (Phi) is 4.02. The minimum absolute atomic E-state index is 0.310. The van der Waals surface area contributed by atoms with Crippen LogP contribution >= 0.6 is 11.6 Å². The van der Waals surface area contributed by atoms with E-state index in [1.807, 2.05) is 23.9 Å². The fraction of sp³-hybridized carbons (Fsp3) is 0.133. The van der Waals surface area contributed by atoms with Gasteiger partial charge in [0.05, 0.1) is 17.4 Å². The molecule has 2 heterocycles. The summed E-state index contributed by atoms with van der Waals surface area (Å²) < 4.78 is 15.4. The number of anilines is 1. The second-order valence-corrected chi connectivity index (χ2v) is 5.19. The highest BCUT2D eigenvalue weighted by molar-refractivity contribution is 6.30. The van der Waals surface area contributed by atoms with E-state index >= 15 is 0 Å². The fourth-order valence-electron chi connectivity index (χ4n) is 2.15. The number of rotatable bonds is 4. The van der Waals surface area contributed by atoms with Crippen molar-refractivity contribution in [2.24, 2.45) is 7.05 Å². The molecular weight excluding hydrogens is 305 g/mol. The van der Waals surface area contributed by atoms with Crippen LogP contribution in [0.2, 0.25) is 5.02 Å². The number of benzene rings is 1. The lowest BCUT2D eigenvalue weighted by atomic mass is 10.1. The van der Waals surface area contributed by atoms with E-state index in [-0.39, 0.29) is 11.9 Å². The third kappa shape index (κ3) is 3.07. The molecule has 22 heavy (non-hydrogen) atoms. The molecule has 5 nitrogen and oxygen atoms in total. The van der Waals surface area contributed by atoms with Gasteiger partial charge in [-0.25, -0.2) is 19.3 Å². The Labute approximate surface area is 131 Å². The highest BCUT2D eigenvalue weighted by Gasteiger charge is 2.19. The average Bonchev–Trinajstić information content (AvgIpc) is 2.92. The fourth-order valence-corrected chi connectivity index (χ4v) is 2.25. The summed E-state index contributed by atoms with van der Waals surface area (Å²) in [5.41, 5.74) is 0.729. The average molecular weight is 318 g/mol.